The summed E-state index contributed by atoms with van der Waals surface area (Å²) in [7, 11) is 0. The van der Waals surface area contributed by atoms with E-state index >= 15 is 0 Å². The zero-order valence-electron chi connectivity index (χ0n) is 11.8. The van der Waals surface area contributed by atoms with Crippen LogP contribution < -0.4 is 0 Å². The topological polar surface area (TPSA) is 47.8 Å². The molecule has 0 spiro atoms. The van der Waals surface area contributed by atoms with Crippen LogP contribution in [0.15, 0.2) is 16.7 Å². The van der Waals surface area contributed by atoms with Gasteiger partial charge in [-0.05, 0) is 25.0 Å². The van der Waals surface area contributed by atoms with Gasteiger partial charge >= 0.3 is 0 Å². The number of Topliss-reactive ketones (excluding diaryl/α,β-unsaturated/α-hetero) is 1. The highest BCUT2D eigenvalue weighted by atomic mass is 35.5. The molecule has 4 nitrogen and oxygen atoms in total. The summed E-state index contributed by atoms with van der Waals surface area (Å²) in [6.45, 7) is 4.08. The van der Waals surface area contributed by atoms with Crippen LogP contribution in [0, 0.1) is 6.92 Å². The van der Waals surface area contributed by atoms with Gasteiger partial charge < -0.3 is 0 Å². The van der Waals surface area contributed by atoms with Crippen molar-refractivity contribution in [2.45, 2.75) is 51.9 Å². The number of hydrogen-bond donors (Lipinski definition) is 0. The molecule has 1 aliphatic heterocycles. The normalized spacial score (nSPS) is 21.1. The van der Waals surface area contributed by atoms with Gasteiger partial charge in [0.1, 0.15) is 11.6 Å². The van der Waals surface area contributed by atoms with Crippen molar-refractivity contribution >= 4 is 23.1 Å². The molecule has 5 heteroatoms. The van der Waals surface area contributed by atoms with Crippen LogP contribution in [0.1, 0.15) is 56.6 Å². The summed E-state index contributed by atoms with van der Waals surface area (Å²) in [5.41, 5.74) is 1.78. The molecule has 0 N–H and O–H groups in total. The van der Waals surface area contributed by atoms with Gasteiger partial charge in [0.15, 0.2) is 5.78 Å². The number of halogens is 1. The number of aryl methyl sites for hydroxylation is 1. The first kappa shape index (κ1) is 13.6. The number of allylic oxidation sites excluding steroid dienone is 4. The lowest BCUT2D eigenvalue weighted by Gasteiger charge is -2.15. The Labute approximate surface area is 123 Å². The standard InChI is InChI=1S/C15H18ClN3O/c1-3-4-5-6-11-12-7-10(16)8-13(20)14(12)19-9(2)17-18-15(11)19/h7,11H,3-6,8H2,1-2H3. The fraction of sp³-hybridized carbons (Fsp3) is 0.533. The van der Waals surface area contributed by atoms with Gasteiger partial charge in [0.25, 0.3) is 0 Å². The van der Waals surface area contributed by atoms with Crippen molar-refractivity contribution in [1.82, 2.24) is 14.8 Å². The van der Waals surface area contributed by atoms with Crippen LogP contribution in [0.5, 0.6) is 0 Å². The average Bonchev–Trinajstić information content (AvgIpc) is 2.90. The molecule has 2 aliphatic rings. The van der Waals surface area contributed by atoms with E-state index in [0.717, 1.165) is 35.8 Å². The molecular formula is C15H18ClN3O. The van der Waals surface area contributed by atoms with E-state index in [4.69, 9.17) is 11.6 Å². The summed E-state index contributed by atoms with van der Waals surface area (Å²) in [5, 5.41) is 9.05. The largest absolute Gasteiger partial charge is 0.292 e. The van der Waals surface area contributed by atoms with Gasteiger partial charge in [-0.3, -0.25) is 9.36 Å². The Hall–Kier alpha value is -1.42. The first-order chi connectivity index (χ1) is 9.63. The monoisotopic (exact) mass is 291 g/mol. The van der Waals surface area contributed by atoms with Crippen LogP contribution in [-0.4, -0.2) is 20.5 Å². The zero-order valence-corrected chi connectivity index (χ0v) is 12.6. The minimum Gasteiger partial charge on any atom is -0.292 e. The third-order valence-corrected chi connectivity index (χ3v) is 4.28. The molecule has 0 aromatic carbocycles. The summed E-state index contributed by atoms with van der Waals surface area (Å²) < 4.78 is 1.92. The Kier molecular flexibility index (Phi) is 3.50. The molecule has 106 valence electrons. The molecule has 1 aliphatic carbocycles. The van der Waals surface area contributed by atoms with E-state index in [2.05, 4.69) is 17.1 Å². The highest BCUT2D eigenvalue weighted by Gasteiger charge is 2.38. The van der Waals surface area contributed by atoms with Gasteiger partial charge in [0, 0.05) is 17.4 Å². The maximum absolute atomic E-state index is 12.3. The summed E-state index contributed by atoms with van der Waals surface area (Å²) in [6, 6.07) is 0. The van der Waals surface area contributed by atoms with E-state index in [0.29, 0.717) is 11.5 Å². The van der Waals surface area contributed by atoms with Crippen molar-refractivity contribution < 1.29 is 4.79 Å². The van der Waals surface area contributed by atoms with Gasteiger partial charge in [-0.1, -0.05) is 37.8 Å². The maximum atomic E-state index is 12.3. The van der Waals surface area contributed by atoms with Gasteiger partial charge in [-0.15, -0.1) is 10.2 Å². The smallest absolute Gasteiger partial charge is 0.185 e. The molecule has 0 fully saturated rings. The summed E-state index contributed by atoms with van der Waals surface area (Å²) in [4.78, 5) is 12.3. The molecule has 3 rings (SSSR count). The first-order valence-corrected chi connectivity index (χ1v) is 7.57. The van der Waals surface area contributed by atoms with E-state index in [1.54, 1.807) is 0 Å². The van der Waals surface area contributed by atoms with Crippen LogP contribution >= 0.6 is 11.6 Å². The van der Waals surface area contributed by atoms with E-state index < -0.39 is 0 Å². The van der Waals surface area contributed by atoms with Crippen LogP contribution in [-0.2, 0) is 4.79 Å². The Morgan fingerprint density at radius 2 is 2.20 bits per heavy atom. The molecule has 0 saturated carbocycles. The van der Waals surface area contributed by atoms with Gasteiger partial charge in [0.2, 0.25) is 0 Å². The number of hydrogen-bond acceptors (Lipinski definition) is 3. The predicted octanol–water partition coefficient (Wildman–Crippen LogP) is 3.57. The Bertz CT molecular complexity index is 627. The molecular weight excluding hydrogens is 274 g/mol. The number of rotatable bonds is 4. The molecule has 0 amide bonds. The summed E-state index contributed by atoms with van der Waals surface area (Å²) in [5.74, 6) is 1.93. The first-order valence-electron chi connectivity index (χ1n) is 7.19. The predicted molar refractivity (Wildman–Crippen MR) is 78.4 cm³/mol. The van der Waals surface area contributed by atoms with Crippen molar-refractivity contribution in [3.63, 3.8) is 0 Å². The lowest BCUT2D eigenvalue weighted by Crippen LogP contribution is -2.12. The number of carbonyl (C=O) groups is 1. The molecule has 0 bridgehead atoms. The van der Waals surface area contributed by atoms with Crippen molar-refractivity contribution in [2.75, 3.05) is 0 Å². The SMILES string of the molecule is CCCCCC1C2=C(C(=O)CC(Cl)=C2)n2c(C)nnc21. The van der Waals surface area contributed by atoms with Crippen molar-refractivity contribution in [3.05, 3.63) is 28.3 Å². The highest BCUT2D eigenvalue weighted by molar-refractivity contribution is 6.34. The maximum Gasteiger partial charge on any atom is 0.185 e. The van der Waals surface area contributed by atoms with Crippen LogP contribution in [0.3, 0.4) is 0 Å². The Morgan fingerprint density at radius 1 is 1.40 bits per heavy atom. The molecule has 0 saturated heterocycles. The second-order valence-electron chi connectivity index (χ2n) is 5.48. The number of unbranched alkanes of at least 4 members (excludes halogenated alkanes) is 2. The third-order valence-electron chi connectivity index (χ3n) is 4.04. The number of carbonyl (C=O) groups excluding carboxylic acids is 1. The second-order valence-corrected chi connectivity index (χ2v) is 5.97. The quantitative estimate of drug-likeness (QED) is 0.797. The Balaban J connectivity index is 2.03. The molecule has 0 radical (unpaired) electrons. The van der Waals surface area contributed by atoms with Gasteiger partial charge in [-0.25, -0.2) is 0 Å². The number of aromatic nitrogens is 3. The molecule has 1 unspecified atom stereocenters. The lowest BCUT2D eigenvalue weighted by atomic mass is 9.89. The summed E-state index contributed by atoms with van der Waals surface area (Å²) >= 11 is 6.12. The van der Waals surface area contributed by atoms with E-state index in [-0.39, 0.29) is 11.7 Å². The fourth-order valence-corrected chi connectivity index (χ4v) is 3.35. The van der Waals surface area contributed by atoms with Crippen molar-refractivity contribution in [3.8, 4) is 0 Å². The minimum absolute atomic E-state index is 0.0784. The van der Waals surface area contributed by atoms with Crippen LogP contribution in [0.4, 0.5) is 0 Å². The average molecular weight is 292 g/mol. The number of nitrogens with zero attached hydrogens (tertiary/aromatic N) is 3. The lowest BCUT2D eigenvalue weighted by molar-refractivity contribution is -0.113. The van der Waals surface area contributed by atoms with Crippen LogP contribution in [0.25, 0.3) is 5.70 Å². The number of fused-ring (bicyclic) bond motifs is 2. The fourth-order valence-electron chi connectivity index (χ4n) is 3.11. The molecule has 1 aromatic rings. The van der Waals surface area contributed by atoms with Gasteiger partial charge in [-0.2, -0.15) is 0 Å². The number of ketones is 1. The van der Waals surface area contributed by atoms with Crippen LogP contribution in [0.2, 0.25) is 0 Å². The molecule has 1 atom stereocenters. The van der Waals surface area contributed by atoms with E-state index in [1.165, 1.54) is 12.8 Å². The molecule has 1 aromatic heterocycles. The zero-order chi connectivity index (χ0) is 14.3. The minimum atomic E-state index is 0.0784. The third kappa shape index (κ3) is 2.03. The van der Waals surface area contributed by atoms with Gasteiger partial charge in [0.05, 0.1) is 5.70 Å². The molecule has 2 heterocycles. The van der Waals surface area contributed by atoms with Crippen molar-refractivity contribution in [1.29, 1.82) is 0 Å². The highest BCUT2D eigenvalue weighted by Crippen LogP contribution is 2.44. The van der Waals surface area contributed by atoms with E-state index in [1.807, 2.05) is 17.6 Å². The molecule has 20 heavy (non-hydrogen) atoms. The van der Waals surface area contributed by atoms with E-state index in [9.17, 15) is 4.79 Å². The van der Waals surface area contributed by atoms with Crippen molar-refractivity contribution in [2.24, 2.45) is 0 Å². The second kappa shape index (κ2) is 5.17. The summed E-state index contributed by atoms with van der Waals surface area (Å²) in [6.07, 6.45) is 6.75. The Morgan fingerprint density at radius 3 is 2.95 bits per heavy atom.